The van der Waals surface area contributed by atoms with Crippen molar-refractivity contribution in [1.82, 2.24) is 4.90 Å². The Bertz CT molecular complexity index is 656. The van der Waals surface area contributed by atoms with E-state index in [1.807, 2.05) is 13.8 Å². The molecular weight excluding hydrogens is 283 g/mol. The van der Waals surface area contributed by atoms with Crippen LogP contribution in [0, 0.1) is 11.2 Å². The quantitative estimate of drug-likeness (QED) is 0.895. The van der Waals surface area contributed by atoms with Crippen LogP contribution in [-0.4, -0.2) is 32.3 Å². The molecule has 110 valence electrons. The zero-order valence-electron chi connectivity index (χ0n) is 11.4. The average Bonchev–Trinajstić information content (AvgIpc) is 2.67. The van der Waals surface area contributed by atoms with Crippen molar-refractivity contribution in [2.45, 2.75) is 25.2 Å². The van der Waals surface area contributed by atoms with Crippen molar-refractivity contribution in [3.63, 3.8) is 0 Å². The Morgan fingerprint density at radius 3 is 2.55 bits per heavy atom. The van der Waals surface area contributed by atoms with Gasteiger partial charge >= 0.3 is 0 Å². The maximum Gasteiger partial charge on any atom is 0.255 e. The number of primary sulfonamides is 1. The molecule has 0 aliphatic carbocycles. The summed E-state index contributed by atoms with van der Waals surface area (Å²) in [6.45, 7) is 5.07. The van der Waals surface area contributed by atoms with Crippen LogP contribution < -0.4 is 5.14 Å². The van der Waals surface area contributed by atoms with E-state index < -0.39 is 21.7 Å². The standard InChI is InChI=1S/C13H17FN2O3S/c1-13(2)5-6-16(8-13)12(17)10-7-9(14)3-4-11(10)20(15,18)19/h3-4,7H,5-6,8H2,1-2H3,(H2,15,18,19). The minimum absolute atomic E-state index is 0.0231. The highest BCUT2D eigenvalue weighted by Crippen LogP contribution is 2.30. The van der Waals surface area contributed by atoms with Crippen LogP contribution in [0.5, 0.6) is 0 Å². The van der Waals surface area contributed by atoms with Gasteiger partial charge in [0.2, 0.25) is 10.0 Å². The van der Waals surface area contributed by atoms with Gasteiger partial charge in [-0.15, -0.1) is 0 Å². The highest BCUT2D eigenvalue weighted by molar-refractivity contribution is 7.89. The molecule has 20 heavy (non-hydrogen) atoms. The molecule has 1 aliphatic rings. The van der Waals surface area contributed by atoms with Crippen LogP contribution in [-0.2, 0) is 10.0 Å². The molecule has 2 rings (SSSR count). The van der Waals surface area contributed by atoms with Gasteiger partial charge in [0.05, 0.1) is 10.5 Å². The summed E-state index contributed by atoms with van der Waals surface area (Å²) in [6.07, 6.45) is 0.818. The summed E-state index contributed by atoms with van der Waals surface area (Å²) in [5.74, 6) is -1.17. The van der Waals surface area contributed by atoms with E-state index in [0.717, 1.165) is 24.6 Å². The number of hydrogen-bond acceptors (Lipinski definition) is 3. The number of nitrogens with zero attached hydrogens (tertiary/aromatic N) is 1. The van der Waals surface area contributed by atoms with E-state index in [0.29, 0.717) is 13.1 Å². The molecule has 0 unspecified atom stereocenters. The fraction of sp³-hybridized carbons (Fsp3) is 0.462. The molecule has 1 heterocycles. The van der Waals surface area contributed by atoms with Crippen LogP contribution in [0.1, 0.15) is 30.6 Å². The van der Waals surface area contributed by atoms with Crippen LogP contribution in [0.15, 0.2) is 23.1 Å². The lowest BCUT2D eigenvalue weighted by Crippen LogP contribution is -2.32. The summed E-state index contributed by atoms with van der Waals surface area (Å²) in [6, 6.07) is 2.93. The number of amides is 1. The number of nitrogens with two attached hydrogens (primary N) is 1. The molecule has 1 aromatic carbocycles. The second kappa shape index (κ2) is 4.82. The van der Waals surface area contributed by atoms with Gasteiger partial charge in [-0.05, 0) is 30.0 Å². The van der Waals surface area contributed by atoms with Gasteiger partial charge in [0.25, 0.3) is 5.91 Å². The van der Waals surface area contributed by atoms with Crippen molar-refractivity contribution in [2.75, 3.05) is 13.1 Å². The van der Waals surface area contributed by atoms with Crippen LogP contribution in [0.25, 0.3) is 0 Å². The highest BCUT2D eigenvalue weighted by atomic mass is 32.2. The minimum atomic E-state index is -4.07. The Hall–Kier alpha value is -1.47. The van der Waals surface area contributed by atoms with Gasteiger partial charge in [0.1, 0.15) is 5.82 Å². The average molecular weight is 300 g/mol. The van der Waals surface area contributed by atoms with Crippen LogP contribution in [0.3, 0.4) is 0 Å². The number of halogens is 1. The minimum Gasteiger partial charge on any atom is -0.338 e. The molecule has 5 nitrogen and oxygen atoms in total. The highest BCUT2D eigenvalue weighted by Gasteiger charge is 2.34. The van der Waals surface area contributed by atoms with Gasteiger partial charge in [-0.25, -0.2) is 17.9 Å². The van der Waals surface area contributed by atoms with E-state index >= 15 is 0 Å². The van der Waals surface area contributed by atoms with Crippen molar-refractivity contribution in [3.05, 3.63) is 29.6 Å². The third-order valence-corrected chi connectivity index (χ3v) is 4.41. The SMILES string of the molecule is CC1(C)CCN(C(=O)c2cc(F)ccc2S(N)(=O)=O)C1. The van der Waals surface area contributed by atoms with Crippen LogP contribution in [0.2, 0.25) is 0 Å². The molecule has 1 fully saturated rings. The number of sulfonamides is 1. The fourth-order valence-electron chi connectivity index (χ4n) is 2.37. The lowest BCUT2D eigenvalue weighted by atomic mass is 9.93. The summed E-state index contributed by atoms with van der Waals surface area (Å²) in [7, 11) is -4.07. The maximum atomic E-state index is 13.3. The zero-order chi connectivity index (χ0) is 15.1. The lowest BCUT2D eigenvalue weighted by molar-refractivity contribution is 0.0774. The molecule has 0 aromatic heterocycles. The van der Waals surface area contributed by atoms with E-state index in [1.54, 1.807) is 0 Å². The molecule has 0 radical (unpaired) electrons. The fourth-order valence-corrected chi connectivity index (χ4v) is 3.08. The monoisotopic (exact) mass is 300 g/mol. The predicted molar refractivity (Wildman–Crippen MR) is 72.1 cm³/mol. The summed E-state index contributed by atoms with van der Waals surface area (Å²) >= 11 is 0. The number of benzene rings is 1. The van der Waals surface area contributed by atoms with Gasteiger partial charge in [-0.3, -0.25) is 4.79 Å². The molecule has 7 heteroatoms. The Morgan fingerprint density at radius 2 is 2.05 bits per heavy atom. The Balaban J connectivity index is 2.42. The van der Waals surface area contributed by atoms with Gasteiger partial charge in [-0.1, -0.05) is 13.8 Å². The molecular formula is C13H17FN2O3S. The first-order valence-electron chi connectivity index (χ1n) is 6.22. The predicted octanol–water partition coefficient (Wildman–Crippen LogP) is 1.35. The van der Waals surface area contributed by atoms with Crippen molar-refractivity contribution in [2.24, 2.45) is 10.6 Å². The van der Waals surface area contributed by atoms with Gasteiger partial charge in [-0.2, -0.15) is 0 Å². The topological polar surface area (TPSA) is 80.5 Å². The molecule has 1 aliphatic heterocycles. The maximum absolute atomic E-state index is 13.3. The van der Waals surface area contributed by atoms with Gasteiger partial charge in [0.15, 0.2) is 0 Å². The van der Waals surface area contributed by atoms with E-state index in [2.05, 4.69) is 0 Å². The molecule has 0 atom stereocenters. The second-order valence-electron chi connectivity index (χ2n) is 5.83. The molecule has 0 bridgehead atoms. The molecule has 1 aromatic rings. The first-order valence-corrected chi connectivity index (χ1v) is 7.76. The summed E-state index contributed by atoms with van der Waals surface area (Å²) < 4.78 is 36.3. The van der Waals surface area contributed by atoms with Crippen molar-refractivity contribution < 1.29 is 17.6 Å². The number of hydrogen-bond donors (Lipinski definition) is 1. The second-order valence-corrected chi connectivity index (χ2v) is 7.36. The van der Waals surface area contributed by atoms with Crippen LogP contribution >= 0.6 is 0 Å². The van der Waals surface area contributed by atoms with Crippen LogP contribution in [0.4, 0.5) is 4.39 Å². The van der Waals surface area contributed by atoms with Crippen molar-refractivity contribution in [1.29, 1.82) is 0 Å². The van der Waals surface area contributed by atoms with Gasteiger partial charge < -0.3 is 4.90 Å². The van der Waals surface area contributed by atoms with E-state index in [4.69, 9.17) is 5.14 Å². The number of carbonyl (C=O) groups is 1. The van der Waals surface area contributed by atoms with Crippen molar-refractivity contribution in [3.8, 4) is 0 Å². The number of likely N-dealkylation sites (tertiary alicyclic amines) is 1. The van der Waals surface area contributed by atoms with E-state index in [-0.39, 0.29) is 15.9 Å². The summed E-state index contributed by atoms with van der Waals surface area (Å²) in [5.41, 5.74) is -0.227. The first kappa shape index (κ1) is 14.9. The number of carbonyl (C=O) groups excluding carboxylic acids is 1. The Labute approximate surface area is 117 Å². The molecule has 1 saturated heterocycles. The van der Waals surface area contributed by atoms with E-state index in [1.165, 1.54) is 4.90 Å². The number of rotatable bonds is 2. The Kier molecular flexibility index (Phi) is 3.60. The molecule has 0 saturated carbocycles. The van der Waals surface area contributed by atoms with E-state index in [9.17, 15) is 17.6 Å². The zero-order valence-corrected chi connectivity index (χ0v) is 12.2. The summed E-state index contributed by atoms with van der Waals surface area (Å²) in [4.78, 5) is 13.6. The third kappa shape index (κ3) is 2.99. The molecule has 1 amide bonds. The first-order chi connectivity index (χ1) is 9.10. The molecule has 2 N–H and O–H groups in total. The van der Waals surface area contributed by atoms with Gasteiger partial charge in [0, 0.05) is 13.1 Å². The Morgan fingerprint density at radius 1 is 1.40 bits per heavy atom. The third-order valence-electron chi connectivity index (χ3n) is 3.44. The molecule has 0 spiro atoms. The normalized spacial score (nSPS) is 18.3. The largest absolute Gasteiger partial charge is 0.338 e. The lowest BCUT2D eigenvalue weighted by Gasteiger charge is -2.20. The van der Waals surface area contributed by atoms with Crippen molar-refractivity contribution >= 4 is 15.9 Å². The smallest absolute Gasteiger partial charge is 0.255 e. The summed E-state index contributed by atoms with van der Waals surface area (Å²) in [5, 5.41) is 5.08.